The highest BCUT2D eigenvalue weighted by molar-refractivity contribution is 5.92. The fourth-order valence-corrected chi connectivity index (χ4v) is 1.36. The Morgan fingerprint density at radius 3 is 2.50 bits per heavy atom. The van der Waals surface area contributed by atoms with Gasteiger partial charge in [-0.15, -0.1) is 0 Å². The second kappa shape index (κ2) is 6.87. The lowest BCUT2D eigenvalue weighted by atomic mass is 10.3. The monoisotopic (exact) mass is 243 g/mol. The molecule has 1 rings (SSSR count). The zero-order chi connectivity index (χ0) is 13.4. The van der Waals surface area contributed by atoms with Gasteiger partial charge in [0.05, 0.1) is 24.0 Å². The summed E-state index contributed by atoms with van der Waals surface area (Å²) in [5, 5.41) is 20.2. The van der Waals surface area contributed by atoms with Crippen LogP contribution in [0.3, 0.4) is 0 Å². The van der Waals surface area contributed by atoms with E-state index in [9.17, 15) is 4.79 Å². The highest BCUT2D eigenvalue weighted by atomic mass is 16.2. The molecule has 0 radical (unpaired) electrons. The topological polar surface area (TPSA) is 92.8 Å². The number of hydrogen-bond donors (Lipinski definition) is 1. The maximum Gasteiger partial charge on any atom is 0.274 e. The minimum Gasteiger partial charge on any atom is -0.384 e. The summed E-state index contributed by atoms with van der Waals surface area (Å²) in [5.41, 5.74) is 1.04. The number of nitrogens with one attached hydrogen (secondary N) is 1. The van der Waals surface area contributed by atoms with Crippen LogP contribution in [0.2, 0.25) is 0 Å². The Bertz CT molecular complexity index is 467. The predicted octanol–water partition coefficient (Wildman–Crippen LogP) is 1.00. The second-order valence-electron chi connectivity index (χ2n) is 3.44. The summed E-state index contributed by atoms with van der Waals surface area (Å²) in [5.74, 6) is -0.416. The van der Waals surface area contributed by atoms with Crippen LogP contribution in [0, 0.1) is 22.7 Å². The zero-order valence-electron chi connectivity index (χ0n) is 10.1. The number of anilines is 1. The third-order valence-electron chi connectivity index (χ3n) is 2.17. The van der Waals surface area contributed by atoms with E-state index in [2.05, 4.69) is 10.3 Å². The number of carbonyl (C=O) groups is 1. The number of nitriles is 2. The summed E-state index contributed by atoms with van der Waals surface area (Å²) in [6, 6.07) is 7.01. The normalized spacial score (nSPS) is 9.06. The molecule has 1 N–H and O–H groups in total. The van der Waals surface area contributed by atoms with Gasteiger partial charge in [-0.1, -0.05) is 0 Å². The molecule has 0 aliphatic carbocycles. The van der Waals surface area contributed by atoms with Crippen LogP contribution in [0.25, 0.3) is 0 Å². The van der Waals surface area contributed by atoms with Crippen LogP contribution in [-0.2, 0) is 0 Å². The largest absolute Gasteiger partial charge is 0.384 e. The average molecular weight is 243 g/mol. The van der Waals surface area contributed by atoms with Gasteiger partial charge in [0.25, 0.3) is 5.91 Å². The fraction of sp³-hybridized carbons (Fsp3) is 0.333. The summed E-state index contributed by atoms with van der Waals surface area (Å²) >= 11 is 0. The van der Waals surface area contributed by atoms with Gasteiger partial charge < -0.3 is 10.2 Å². The standard InChI is InChI=1S/C12H13N5O/c1-2-15-10-3-4-11(16-9-10)12(18)17(7-5-13)8-6-14/h3-4,9,15H,2,7-8H2,1H3. The van der Waals surface area contributed by atoms with Gasteiger partial charge in [0.15, 0.2) is 0 Å². The van der Waals surface area contributed by atoms with Crippen molar-refractivity contribution >= 4 is 11.6 Å². The first kappa shape index (κ1) is 13.5. The van der Waals surface area contributed by atoms with Gasteiger partial charge in [0.2, 0.25) is 0 Å². The molecule has 0 bridgehead atoms. The summed E-state index contributed by atoms with van der Waals surface area (Å²) in [4.78, 5) is 17.1. The van der Waals surface area contributed by atoms with Crippen molar-refractivity contribution in [2.45, 2.75) is 6.92 Å². The number of amides is 1. The molecular weight excluding hydrogens is 230 g/mol. The Morgan fingerprint density at radius 2 is 2.06 bits per heavy atom. The van der Waals surface area contributed by atoms with Gasteiger partial charge in [-0.25, -0.2) is 4.98 Å². The van der Waals surface area contributed by atoms with Crippen molar-refractivity contribution in [2.75, 3.05) is 25.0 Å². The van der Waals surface area contributed by atoms with Gasteiger partial charge >= 0.3 is 0 Å². The Kier molecular flexibility index (Phi) is 5.14. The highest BCUT2D eigenvalue weighted by Crippen LogP contribution is 2.07. The van der Waals surface area contributed by atoms with Crippen molar-refractivity contribution in [3.8, 4) is 12.1 Å². The molecule has 0 fully saturated rings. The fourth-order valence-electron chi connectivity index (χ4n) is 1.36. The predicted molar refractivity (Wildman–Crippen MR) is 65.5 cm³/mol. The molecule has 0 atom stereocenters. The number of hydrogen-bond acceptors (Lipinski definition) is 5. The van der Waals surface area contributed by atoms with E-state index in [1.165, 1.54) is 0 Å². The molecule has 6 nitrogen and oxygen atoms in total. The summed E-state index contributed by atoms with van der Waals surface area (Å²) in [6.45, 7) is 2.48. The molecule has 0 aliphatic heterocycles. The molecular formula is C12H13N5O. The van der Waals surface area contributed by atoms with Crippen LogP contribution in [-0.4, -0.2) is 35.4 Å². The maximum absolute atomic E-state index is 11.9. The first-order valence-corrected chi connectivity index (χ1v) is 5.46. The number of rotatable bonds is 5. The van der Waals surface area contributed by atoms with Crippen molar-refractivity contribution in [1.29, 1.82) is 10.5 Å². The second-order valence-corrected chi connectivity index (χ2v) is 3.44. The molecule has 1 amide bonds. The van der Waals surface area contributed by atoms with E-state index in [1.54, 1.807) is 18.3 Å². The van der Waals surface area contributed by atoms with Gasteiger partial charge in [-0.3, -0.25) is 4.79 Å². The molecule has 18 heavy (non-hydrogen) atoms. The number of carbonyl (C=O) groups excluding carboxylic acids is 1. The lowest BCUT2D eigenvalue weighted by Crippen LogP contribution is -2.32. The maximum atomic E-state index is 11.9. The van der Waals surface area contributed by atoms with Crippen molar-refractivity contribution < 1.29 is 4.79 Å². The molecule has 0 aliphatic rings. The van der Waals surface area contributed by atoms with E-state index in [0.29, 0.717) is 0 Å². The molecule has 0 aromatic carbocycles. The van der Waals surface area contributed by atoms with E-state index in [-0.39, 0.29) is 18.8 Å². The van der Waals surface area contributed by atoms with Gasteiger partial charge in [0, 0.05) is 6.54 Å². The Morgan fingerprint density at radius 1 is 1.39 bits per heavy atom. The van der Waals surface area contributed by atoms with Crippen LogP contribution in [0.15, 0.2) is 18.3 Å². The summed E-state index contributed by atoms with van der Waals surface area (Å²) in [7, 11) is 0. The van der Waals surface area contributed by atoms with E-state index in [0.717, 1.165) is 17.1 Å². The zero-order valence-corrected chi connectivity index (χ0v) is 10.1. The van der Waals surface area contributed by atoms with Crippen molar-refractivity contribution in [3.63, 3.8) is 0 Å². The van der Waals surface area contributed by atoms with Crippen LogP contribution in [0.4, 0.5) is 5.69 Å². The summed E-state index contributed by atoms with van der Waals surface area (Å²) in [6.07, 6.45) is 1.55. The molecule has 6 heteroatoms. The van der Waals surface area contributed by atoms with Crippen molar-refractivity contribution in [2.24, 2.45) is 0 Å². The molecule has 92 valence electrons. The van der Waals surface area contributed by atoms with Crippen LogP contribution in [0.1, 0.15) is 17.4 Å². The van der Waals surface area contributed by atoms with Crippen LogP contribution in [0.5, 0.6) is 0 Å². The molecule has 1 heterocycles. The van der Waals surface area contributed by atoms with Gasteiger partial charge in [0.1, 0.15) is 18.8 Å². The molecule has 0 spiro atoms. The highest BCUT2D eigenvalue weighted by Gasteiger charge is 2.16. The van der Waals surface area contributed by atoms with Crippen molar-refractivity contribution in [1.82, 2.24) is 9.88 Å². The Labute approximate surface area is 105 Å². The molecule has 0 unspecified atom stereocenters. The summed E-state index contributed by atoms with van der Waals surface area (Å²) < 4.78 is 0. The van der Waals surface area contributed by atoms with E-state index in [4.69, 9.17) is 10.5 Å². The molecule has 1 aromatic rings. The Balaban J connectivity index is 2.82. The molecule has 0 saturated heterocycles. The first-order chi connectivity index (χ1) is 8.72. The molecule has 0 saturated carbocycles. The van der Waals surface area contributed by atoms with E-state index >= 15 is 0 Å². The lowest BCUT2D eigenvalue weighted by molar-refractivity contribution is 0.0789. The number of nitrogens with zero attached hydrogens (tertiary/aromatic N) is 4. The van der Waals surface area contributed by atoms with Crippen LogP contribution < -0.4 is 5.32 Å². The minimum atomic E-state index is -0.416. The molecule has 1 aromatic heterocycles. The van der Waals surface area contributed by atoms with Gasteiger partial charge in [-0.05, 0) is 19.1 Å². The quantitative estimate of drug-likeness (QED) is 0.779. The van der Waals surface area contributed by atoms with Crippen LogP contribution >= 0.6 is 0 Å². The van der Waals surface area contributed by atoms with Crippen molar-refractivity contribution in [3.05, 3.63) is 24.0 Å². The third kappa shape index (κ3) is 3.46. The Hall–Kier alpha value is -2.60. The SMILES string of the molecule is CCNc1ccc(C(=O)N(CC#N)CC#N)nc1. The third-order valence-corrected chi connectivity index (χ3v) is 2.17. The smallest absolute Gasteiger partial charge is 0.274 e. The van der Waals surface area contributed by atoms with E-state index in [1.807, 2.05) is 19.1 Å². The number of aromatic nitrogens is 1. The number of pyridine rings is 1. The average Bonchev–Trinajstić information content (AvgIpc) is 2.39. The first-order valence-electron chi connectivity index (χ1n) is 5.46. The lowest BCUT2D eigenvalue weighted by Gasteiger charge is -2.15. The van der Waals surface area contributed by atoms with E-state index < -0.39 is 5.91 Å². The minimum absolute atomic E-state index is 0.122. The van der Waals surface area contributed by atoms with Gasteiger partial charge in [-0.2, -0.15) is 10.5 Å².